The molecule has 1 aromatic rings. The molecule has 1 rings (SSSR count). The average Bonchev–Trinajstić information content (AvgIpc) is 2.15. The summed E-state index contributed by atoms with van der Waals surface area (Å²) in [6, 6.07) is 0. The molecule has 0 atom stereocenters. The summed E-state index contributed by atoms with van der Waals surface area (Å²) in [6.45, 7) is 0. The van der Waals surface area contributed by atoms with Crippen molar-refractivity contribution in [1.29, 1.82) is 0 Å². The van der Waals surface area contributed by atoms with Crippen molar-refractivity contribution >= 4 is 6.29 Å². The summed E-state index contributed by atoms with van der Waals surface area (Å²) in [5.74, 6) is -1.73. The summed E-state index contributed by atoms with van der Waals surface area (Å²) < 4.78 is 74.2. The predicted molar refractivity (Wildman–Crippen MR) is 39.5 cm³/mol. The van der Waals surface area contributed by atoms with Crippen molar-refractivity contribution in [2.45, 2.75) is 12.6 Å². The van der Waals surface area contributed by atoms with Crippen LogP contribution in [-0.4, -0.2) is 11.3 Å². The normalized spacial score (nSPS) is 11.9. The number of carbonyl (C=O) groups is 1. The highest BCUT2D eigenvalue weighted by atomic mass is 19.4. The lowest BCUT2D eigenvalue weighted by molar-refractivity contribution is -0.140. The number of carbonyl (C=O) groups excluding carboxylic acids is 1. The van der Waals surface area contributed by atoms with Crippen LogP contribution < -0.4 is 0 Å². The molecule has 0 saturated heterocycles. The Kier molecular flexibility index (Phi) is 3.20. The van der Waals surface area contributed by atoms with Gasteiger partial charge in [0.15, 0.2) is 6.29 Å². The maximum atomic E-state index is 12.7. The molecular formula is C8H3F6NO. The van der Waals surface area contributed by atoms with Crippen LogP contribution in [-0.2, 0) is 6.18 Å². The van der Waals surface area contributed by atoms with E-state index in [-0.39, 0.29) is 6.20 Å². The second-order valence-corrected chi connectivity index (χ2v) is 2.71. The van der Waals surface area contributed by atoms with E-state index in [2.05, 4.69) is 4.98 Å². The van der Waals surface area contributed by atoms with Gasteiger partial charge in [0.1, 0.15) is 0 Å². The van der Waals surface area contributed by atoms with Gasteiger partial charge in [-0.3, -0.25) is 4.79 Å². The molecule has 0 aliphatic rings. The fraction of sp³-hybridized carbons (Fsp3) is 0.250. The lowest BCUT2D eigenvalue weighted by Gasteiger charge is -2.13. The van der Waals surface area contributed by atoms with Crippen LogP contribution in [0.4, 0.5) is 26.3 Å². The summed E-state index contributed by atoms with van der Waals surface area (Å²) >= 11 is 0. The number of pyridine rings is 1. The third kappa shape index (κ3) is 2.15. The summed E-state index contributed by atoms with van der Waals surface area (Å²) in [5, 5.41) is 0. The monoisotopic (exact) mass is 243 g/mol. The first-order chi connectivity index (χ1) is 7.29. The predicted octanol–water partition coefficient (Wildman–Crippen LogP) is 2.99. The molecule has 0 unspecified atom stereocenters. The number of aromatic nitrogens is 1. The minimum Gasteiger partial charge on any atom is -0.298 e. The highest BCUT2D eigenvalue weighted by Gasteiger charge is 2.40. The van der Waals surface area contributed by atoms with Crippen molar-refractivity contribution in [3.63, 3.8) is 0 Å². The largest absolute Gasteiger partial charge is 0.417 e. The summed E-state index contributed by atoms with van der Waals surface area (Å²) in [7, 11) is 0. The van der Waals surface area contributed by atoms with Crippen molar-refractivity contribution in [3.8, 4) is 0 Å². The van der Waals surface area contributed by atoms with E-state index in [0.29, 0.717) is 0 Å². The quantitative estimate of drug-likeness (QED) is 0.454. The summed E-state index contributed by atoms with van der Waals surface area (Å²) in [5.41, 5.74) is -5.01. The minimum absolute atomic E-state index is 0.0653. The highest BCUT2D eigenvalue weighted by molar-refractivity contribution is 5.78. The zero-order valence-corrected chi connectivity index (χ0v) is 7.36. The van der Waals surface area contributed by atoms with Gasteiger partial charge in [-0.1, -0.05) is 0 Å². The Bertz CT molecular complexity index is 414. The molecule has 0 aliphatic carbocycles. The van der Waals surface area contributed by atoms with Gasteiger partial charge in [-0.25, -0.2) is 13.8 Å². The van der Waals surface area contributed by atoms with Gasteiger partial charge in [-0.05, 0) is 0 Å². The van der Waals surface area contributed by atoms with Crippen molar-refractivity contribution in [2.75, 3.05) is 0 Å². The van der Waals surface area contributed by atoms with Gasteiger partial charge in [0.25, 0.3) is 6.43 Å². The highest BCUT2D eigenvalue weighted by Crippen LogP contribution is 2.38. The van der Waals surface area contributed by atoms with Gasteiger partial charge in [-0.2, -0.15) is 17.6 Å². The minimum atomic E-state index is -5.24. The smallest absolute Gasteiger partial charge is 0.298 e. The number of hydrogen-bond acceptors (Lipinski definition) is 2. The third-order valence-electron chi connectivity index (χ3n) is 1.73. The number of nitrogens with zero attached hydrogens (tertiary/aromatic N) is 1. The van der Waals surface area contributed by atoms with Gasteiger partial charge in [0.2, 0.25) is 5.95 Å². The van der Waals surface area contributed by atoms with Crippen LogP contribution in [0, 0.1) is 5.95 Å². The summed E-state index contributed by atoms with van der Waals surface area (Å²) in [6.07, 6.45) is -9.16. The number of halogens is 6. The Hall–Kier alpha value is -1.60. The molecule has 0 aliphatic heterocycles. The molecule has 0 aromatic carbocycles. The molecule has 1 heterocycles. The zero-order valence-electron chi connectivity index (χ0n) is 7.36. The van der Waals surface area contributed by atoms with E-state index in [0.717, 1.165) is 0 Å². The molecule has 0 saturated carbocycles. The van der Waals surface area contributed by atoms with E-state index < -0.39 is 41.5 Å². The standard InChI is InChI=1S/C8H3F6NO/c9-6(10)3-1-15-7(11)4(2-16)5(3)8(12,13)14/h1-2,6H. The first-order valence-corrected chi connectivity index (χ1v) is 3.78. The van der Waals surface area contributed by atoms with Crippen molar-refractivity contribution in [1.82, 2.24) is 4.98 Å². The van der Waals surface area contributed by atoms with E-state index in [1.165, 1.54) is 0 Å². The van der Waals surface area contributed by atoms with Gasteiger partial charge in [0, 0.05) is 11.8 Å². The van der Waals surface area contributed by atoms with Crippen molar-refractivity contribution in [2.24, 2.45) is 0 Å². The molecule has 0 bridgehead atoms. The lowest BCUT2D eigenvalue weighted by atomic mass is 10.0. The Morgan fingerprint density at radius 3 is 2.25 bits per heavy atom. The van der Waals surface area contributed by atoms with Gasteiger partial charge < -0.3 is 0 Å². The average molecular weight is 243 g/mol. The molecule has 0 fully saturated rings. The third-order valence-corrected chi connectivity index (χ3v) is 1.73. The van der Waals surface area contributed by atoms with E-state index in [4.69, 9.17) is 0 Å². The van der Waals surface area contributed by atoms with Gasteiger partial charge >= 0.3 is 6.18 Å². The van der Waals surface area contributed by atoms with Crippen LogP contribution in [0.25, 0.3) is 0 Å². The maximum Gasteiger partial charge on any atom is 0.417 e. The topological polar surface area (TPSA) is 30.0 Å². The van der Waals surface area contributed by atoms with Crippen LogP contribution in [0.5, 0.6) is 0 Å². The van der Waals surface area contributed by atoms with Gasteiger partial charge in [0.05, 0.1) is 11.1 Å². The lowest BCUT2D eigenvalue weighted by Crippen LogP contribution is -2.15. The van der Waals surface area contributed by atoms with Crippen LogP contribution in [0.3, 0.4) is 0 Å². The molecule has 0 N–H and O–H groups in total. The fourth-order valence-electron chi connectivity index (χ4n) is 1.11. The molecule has 88 valence electrons. The molecule has 2 nitrogen and oxygen atoms in total. The maximum absolute atomic E-state index is 12.7. The molecule has 8 heteroatoms. The van der Waals surface area contributed by atoms with Crippen LogP contribution >= 0.6 is 0 Å². The Labute approximate surface area is 84.9 Å². The van der Waals surface area contributed by atoms with Crippen LogP contribution in [0.15, 0.2) is 6.20 Å². The Morgan fingerprint density at radius 2 is 1.88 bits per heavy atom. The number of aldehydes is 1. The van der Waals surface area contributed by atoms with Crippen molar-refractivity contribution in [3.05, 3.63) is 28.8 Å². The zero-order chi connectivity index (χ0) is 12.5. The van der Waals surface area contributed by atoms with E-state index in [9.17, 15) is 31.1 Å². The van der Waals surface area contributed by atoms with E-state index in [1.54, 1.807) is 0 Å². The Balaban J connectivity index is 3.61. The summed E-state index contributed by atoms with van der Waals surface area (Å²) in [4.78, 5) is 12.9. The first kappa shape index (κ1) is 12.5. The second-order valence-electron chi connectivity index (χ2n) is 2.71. The SMILES string of the molecule is O=Cc1c(F)ncc(C(F)F)c1C(F)(F)F. The van der Waals surface area contributed by atoms with Gasteiger partial charge in [-0.15, -0.1) is 0 Å². The number of rotatable bonds is 2. The second kappa shape index (κ2) is 4.11. The molecule has 0 radical (unpaired) electrons. The van der Waals surface area contributed by atoms with E-state index >= 15 is 0 Å². The Morgan fingerprint density at radius 1 is 1.31 bits per heavy atom. The van der Waals surface area contributed by atoms with Crippen LogP contribution in [0.1, 0.15) is 27.9 Å². The molecule has 16 heavy (non-hydrogen) atoms. The van der Waals surface area contributed by atoms with Crippen LogP contribution in [0.2, 0.25) is 0 Å². The first-order valence-electron chi connectivity index (χ1n) is 3.78. The van der Waals surface area contributed by atoms with E-state index in [1.807, 2.05) is 0 Å². The molecular weight excluding hydrogens is 240 g/mol. The number of hydrogen-bond donors (Lipinski definition) is 0. The van der Waals surface area contributed by atoms with Crippen molar-refractivity contribution < 1.29 is 31.1 Å². The molecule has 1 aromatic heterocycles. The number of alkyl halides is 5. The fourth-order valence-corrected chi connectivity index (χ4v) is 1.11. The molecule has 0 spiro atoms. The molecule has 0 amide bonds.